The number of rotatable bonds is 2. The Kier molecular flexibility index (Phi) is 2.51. The Labute approximate surface area is 91.0 Å². The highest BCUT2D eigenvalue weighted by molar-refractivity contribution is 7.13. The molecule has 0 aliphatic rings. The summed E-state index contributed by atoms with van der Waals surface area (Å²) in [5.74, 6) is -0.913. The molecular weight excluding hydrogens is 210 g/mol. The summed E-state index contributed by atoms with van der Waals surface area (Å²) in [5, 5.41) is 11.0. The standard InChI is InChI=1S/C11H9NO2S/c1-7-5-8(11(13)14)9(6-12-7)10-3-2-4-15-10/h2-6H,1H3,(H,13,14). The largest absolute Gasteiger partial charge is 0.478 e. The molecule has 3 nitrogen and oxygen atoms in total. The molecule has 76 valence electrons. The summed E-state index contributed by atoms with van der Waals surface area (Å²) >= 11 is 1.51. The van der Waals surface area contributed by atoms with Crippen molar-refractivity contribution >= 4 is 17.3 Å². The van der Waals surface area contributed by atoms with E-state index in [9.17, 15) is 4.79 Å². The van der Waals surface area contributed by atoms with Gasteiger partial charge in [0.15, 0.2) is 0 Å². The van der Waals surface area contributed by atoms with Gasteiger partial charge in [-0.25, -0.2) is 4.79 Å². The number of hydrogen-bond donors (Lipinski definition) is 1. The monoisotopic (exact) mass is 219 g/mol. The quantitative estimate of drug-likeness (QED) is 0.844. The Morgan fingerprint density at radius 3 is 2.93 bits per heavy atom. The van der Waals surface area contributed by atoms with Crippen LogP contribution in [-0.4, -0.2) is 16.1 Å². The van der Waals surface area contributed by atoms with Crippen LogP contribution < -0.4 is 0 Å². The van der Waals surface area contributed by atoms with Crippen molar-refractivity contribution in [1.82, 2.24) is 4.98 Å². The lowest BCUT2D eigenvalue weighted by Crippen LogP contribution is -2.00. The highest BCUT2D eigenvalue weighted by atomic mass is 32.1. The molecule has 4 heteroatoms. The SMILES string of the molecule is Cc1cc(C(=O)O)c(-c2cccs2)cn1. The second-order valence-electron chi connectivity index (χ2n) is 3.15. The molecule has 2 aromatic heterocycles. The van der Waals surface area contributed by atoms with E-state index >= 15 is 0 Å². The van der Waals surface area contributed by atoms with Crippen molar-refractivity contribution in [2.24, 2.45) is 0 Å². The highest BCUT2D eigenvalue weighted by Crippen LogP contribution is 2.27. The lowest BCUT2D eigenvalue weighted by atomic mass is 10.1. The van der Waals surface area contributed by atoms with Gasteiger partial charge in [0.25, 0.3) is 0 Å². The molecule has 0 saturated heterocycles. The predicted molar refractivity (Wildman–Crippen MR) is 59.2 cm³/mol. The van der Waals surface area contributed by atoms with Crippen LogP contribution in [0.3, 0.4) is 0 Å². The first-order chi connectivity index (χ1) is 7.18. The van der Waals surface area contributed by atoms with E-state index in [1.165, 1.54) is 11.3 Å². The maximum atomic E-state index is 11.0. The average Bonchev–Trinajstić information content (AvgIpc) is 2.70. The van der Waals surface area contributed by atoms with E-state index in [2.05, 4.69) is 4.98 Å². The number of hydrogen-bond acceptors (Lipinski definition) is 3. The van der Waals surface area contributed by atoms with Gasteiger partial charge in [-0.1, -0.05) is 6.07 Å². The molecule has 2 heterocycles. The Morgan fingerprint density at radius 1 is 1.53 bits per heavy atom. The highest BCUT2D eigenvalue weighted by Gasteiger charge is 2.12. The van der Waals surface area contributed by atoms with Crippen molar-refractivity contribution in [3.05, 3.63) is 41.0 Å². The fourth-order valence-corrected chi connectivity index (χ4v) is 2.12. The molecule has 0 saturated carbocycles. The second kappa shape index (κ2) is 3.82. The summed E-state index contributed by atoms with van der Waals surface area (Å²) in [5.41, 5.74) is 1.71. The van der Waals surface area contributed by atoms with Gasteiger partial charge in [0.05, 0.1) is 5.56 Å². The molecule has 0 aliphatic carbocycles. The number of carbonyl (C=O) groups is 1. The van der Waals surface area contributed by atoms with Crippen LogP contribution in [0.15, 0.2) is 29.8 Å². The molecule has 0 aromatic carbocycles. The van der Waals surface area contributed by atoms with Crippen molar-refractivity contribution in [3.8, 4) is 10.4 Å². The van der Waals surface area contributed by atoms with Gasteiger partial charge in [0, 0.05) is 22.3 Å². The summed E-state index contributed by atoms with van der Waals surface area (Å²) in [6.45, 7) is 1.78. The molecular formula is C11H9NO2S. The maximum Gasteiger partial charge on any atom is 0.336 e. The van der Waals surface area contributed by atoms with Crippen LogP contribution in [0, 0.1) is 6.92 Å². The molecule has 2 rings (SSSR count). The molecule has 0 unspecified atom stereocenters. The molecule has 0 amide bonds. The molecule has 0 spiro atoms. The van der Waals surface area contributed by atoms with E-state index in [0.717, 1.165) is 4.88 Å². The van der Waals surface area contributed by atoms with E-state index in [4.69, 9.17) is 5.11 Å². The Morgan fingerprint density at radius 2 is 2.33 bits per heavy atom. The molecule has 2 aromatic rings. The van der Waals surface area contributed by atoms with Gasteiger partial charge in [-0.3, -0.25) is 4.98 Å². The second-order valence-corrected chi connectivity index (χ2v) is 4.10. The smallest absolute Gasteiger partial charge is 0.336 e. The minimum absolute atomic E-state index is 0.310. The summed E-state index contributed by atoms with van der Waals surface area (Å²) in [6, 6.07) is 5.38. The van der Waals surface area contributed by atoms with Crippen LogP contribution in [0.2, 0.25) is 0 Å². The van der Waals surface area contributed by atoms with Crippen LogP contribution in [0.25, 0.3) is 10.4 Å². The van der Waals surface area contributed by atoms with Crippen LogP contribution in [0.1, 0.15) is 16.1 Å². The number of aromatic carboxylic acids is 1. The first kappa shape index (κ1) is 9.86. The van der Waals surface area contributed by atoms with Gasteiger partial charge >= 0.3 is 5.97 Å². The van der Waals surface area contributed by atoms with Crippen LogP contribution in [0.4, 0.5) is 0 Å². The number of aryl methyl sites for hydroxylation is 1. The van der Waals surface area contributed by atoms with Gasteiger partial charge in [-0.15, -0.1) is 11.3 Å². The van der Waals surface area contributed by atoms with Gasteiger partial charge in [-0.2, -0.15) is 0 Å². The van der Waals surface area contributed by atoms with E-state index in [0.29, 0.717) is 16.8 Å². The minimum atomic E-state index is -0.913. The Hall–Kier alpha value is -1.68. The maximum absolute atomic E-state index is 11.0. The number of aromatic nitrogens is 1. The number of carboxylic acid groups (broad SMARTS) is 1. The van der Waals surface area contributed by atoms with E-state index < -0.39 is 5.97 Å². The first-order valence-corrected chi connectivity index (χ1v) is 5.30. The third kappa shape index (κ3) is 1.89. The molecule has 0 fully saturated rings. The third-order valence-electron chi connectivity index (χ3n) is 2.06. The van der Waals surface area contributed by atoms with E-state index in [1.807, 2.05) is 17.5 Å². The average molecular weight is 219 g/mol. The number of pyridine rings is 1. The molecule has 0 atom stereocenters. The Balaban J connectivity index is 2.61. The van der Waals surface area contributed by atoms with Crippen molar-refractivity contribution in [2.75, 3.05) is 0 Å². The minimum Gasteiger partial charge on any atom is -0.478 e. The molecule has 15 heavy (non-hydrogen) atoms. The van der Waals surface area contributed by atoms with Gasteiger partial charge < -0.3 is 5.11 Å². The fourth-order valence-electron chi connectivity index (χ4n) is 1.36. The lowest BCUT2D eigenvalue weighted by Gasteiger charge is -2.03. The summed E-state index contributed by atoms with van der Waals surface area (Å²) < 4.78 is 0. The zero-order valence-corrected chi connectivity index (χ0v) is 8.91. The zero-order chi connectivity index (χ0) is 10.8. The topological polar surface area (TPSA) is 50.2 Å². The zero-order valence-electron chi connectivity index (χ0n) is 8.10. The van der Waals surface area contributed by atoms with E-state index in [1.54, 1.807) is 19.2 Å². The van der Waals surface area contributed by atoms with Crippen molar-refractivity contribution in [3.63, 3.8) is 0 Å². The van der Waals surface area contributed by atoms with Crippen LogP contribution in [-0.2, 0) is 0 Å². The fraction of sp³-hybridized carbons (Fsp3) is 0.0909. The summed E-state index contributed by atoms with van der Waals surface area (Å²) in [4.78, 5) is 16.1. The number of thiophene rings is 1. The van der Waals surface area contributed by atoms with Crippen molar-refractivity contribution in [2.45, 2.75) is 6.92 Å². The van der Waals surface area contributed by atoms with Gasteiger partial charge in [-0.05, 0) is 24.4 Å². The molecule has 0 bridgehead atoms. The summed E-state index contributed by atoms with van der Waals surface area (Å²) in [6.07, 6.45) is 1.62. The predicted octanol–water partition coefficient (Wildman–Crippen LogP) is 2.82. The molecule has 0 aliphatic heterocycles. The van der Waals surface area contributed by atoms with Crippen LogP contribution >= 0.6 is 11.3 Å². The lowest BCUT2D eigenvalue weighted by molar-refractivity contribution is 0.0697. The summed E-state index contributed by atoms with van der Waals surface area (Å²) in [7, 11) is 0. The van der Waals surface area contributed by atoms with Crippen molar-refractivity contribution in [1.29, 1.82) is 0 Å². The normalized spacial score (nSPS) is 10.2. The van der Waals surface area contributed by atoms with Gasteiger partial charge in [0.1, 0.15) is 0 Å². The Bertz CT molecular complexity index is 491. The third-order valence-corrected chi connectivity index (χ3v) is 2.96. The van der Waals surface area contributed by atoms with Crippen LogP contribution in [0.5, 0.6) is 0 Å². The van der Waals surface area contributed by atoms with Crippen molar-refractivity contribution < 1.29 is 9.90 Å². The van der Waals surface area contributed by atoms with Gasteiger partial charge in [0.2, 0.25) is 0 Å². The number of nitrogens with zero attached hydrogens (tertiary/aromatic N) is 1. The van der Waals surface area contributed by atoms with E-state index in [-0.39, 0.29) is 0 Å². The number of carboxylic acids is 1. The molecule has 1 N–H and O–H groups in total. The first-order valence-electron chi connectivity index (χ1n) is 4.42. The molecule has 0 radical (unpaired) electrons.